The molecule has 7 heteroatoms. The van der Waals surface area contributed by atoms with E-state index in [0.717, 1.165) is 11.3 Å². The molecule has 0 unspecified atom stereocenters. The van der Waals surface area contributed by atoms with Gasteiger partial charge in [0, 0.05) is 11.7 Å². The molecule has 6 nitrogen and oxygen atoms in total. The summed E-state index contributed by atoms with van der Waals surface area (Å²) in [6.45, 7) is 5.62. The van der Waals surface area contributed by atoms with Gasteiger partial charge in [-0.15, -0.1) is 0 Å². The van der Waals surface area contributed by atoms with Gasteiger partial charge >= 0.3 is 0 Å². The fraction of sp³-hybridized carbons (Fsp3) is 0.316. The lowest BCUT2D eigenvalue weighted by molar-refractivity contribution is -0.115. The molecular weight excluding hydrogens is 350 g/mol. The molecule has 2 aromatic rings. The van der Waals surface area contributed by atoms with Crippen molar-refractivity contribution in [3.63, 3.8) is 0 Å². The Balaban J connectivity index is 2.05. The van der Waals surface area contributed by atoms with Gasteiger partial charge in [-0.25, -0.2) is 8.42 Å². The number of sulfone groups is 1. The van der Waals surface area contributed by atoms with Gasteiger partial charge in [-0.1, -0.05) is 19.1 Å². The van der Waals surface area contributed by atoms with Crippen LogP contribution in [-0.2, 0) is 21.1 Å². The number of anilines is 3. The van der Waals surface area contributed by atoms with E-state index in [2.05, 4.69) is 10.6 Å². The maximum absolute atomic E-state index is 12.3. The van der Waals surface area contributed by atoms with Gasteiger partial charge in [0.25, 0.3) is 0 Å². The summed E-state index contributed by atoms with van der Waals surface area (Å²) in [5.41, 5.74) is 8.71. The SMILES string of the molecule is CCS(=O)(=O)c1ccc(CC(=O)Nc2ccc(N)c(NC(C)C)c2)cc1. The van der Waals surface area contributed by atoms with Gasteiger partial charge in [0.1, 0.15) is 0 Å². The van der Waals surface area contributed by atoms with E-state index in [9.17, 15) is 13.2 Å². The zero-order valence-corrected chi connectivity index (χ0v) is 16.1. The minimum Gasteiger partial charge on any atom is -0.397 e. The van der Waals surface area contributed by atoms with Crippen molar-refractivity contribution in [2.75, 3.05) is 22.1 Å². The van der Waals surface area contributed by atoms with Crippen molar-refractivity contribution < 1.29 is 13.2 Å². The quantitative estimate of drug-likeness (QED) is 0.646. The van der Waals surface area contributed by atoms with E-state index in [4.69, 9.17) is 5.73 Å². The van der Waals surface area contributed by atoms with Crippen LogP contribution in [0, 0.1) is 0 Å². The Morgan fingerprint density at radius 2 is 1.77 bits per heavy atom. The summed E-state index contributed by atoms with van der Waals surface area (Å²) < 4.78 is 23.6. The molecule has 0 aliphatic rings. The summed E-state index contributed by atoms with van der Waals surface area (Å²) in [6.07, 6.45) is 0.157. The van der Waals surface area contributed by atoms with Crippen LogP contribution in [-0.4, -0.2) is 26.1 Å². The Morgan fingerprint density at radius 3 is 2.35 bits per heavy atom. The molecule has 0 saturated carbocycles. The van der Waals surface area contributed by atoms with Gasteiger partial charge in [-0.2, -0.15) is 0 Å². The normalized spacial score (nSPS) is 11.4. The van der Waals surface area contributed by atoms with Gasteiger partial charge < -0.3 is 16.4 Å². The average molecular weight is 375 g/mol. The van der Waals surface area contributed by atoms with Crippen molar-refractivity contribution in [3.8, 4) is 0 Å². The van der Waals surface area contributed by atoms with E-state index in [0.29, 0.717) is 11.4 Å². The molecule has 4 N–H and O–H groups in total. The van der Waals surface area contributed by atoms with Crippen LogP contribution >= 0.6 is 0 Å². The maximum atomic E-state index is 12.3. The summed E-state index contributed by atoms with van der Waals surface area (Å²) in [5.74, 6) is -0.132. The fourth-order valence-corrected chi connectivity index (χ4v) is 3.33. The molecular formula is C19H25N3O3S. The highest BCUT2D eigenvalue weighted by molar-refractivity contribution is 7.91. The van der Waals surface area contributed by atoms with E-state index in [1.807, 2.05) is 13.8 Å². The van der Waals surface area contributed by atoms with Crippen molar-refractivity contribution in [1.82, 2.24) is 0 Å². The lowest BCUT2D eigenvalue weighted by Crippen LogP contribution is -2.16. The predicted molar refractivity (Wildman–Crippen MR) is 106 cm³/mol. The molecule has 0 radical (unpaired) electrons. The van der Waals surface area contributed by atoms with E-state index in [1.165, 1.54) is 12.1 Å². The van der Waals surface area contributed by atoms with Gasteiger partial charge in [-0.3, -0.25) is 4.79 Å². The minimum atomic E-state index is -3.23. The second-order valence-electron chi connectivity index (χ2n) is 6.37. The fourth-order valence-electron chi connectivity index (χ4n) is 2.44. The highest BCUT2D eigenvalue weighted by Crippen LogP contribution is 2.24. The molecule has 0 aromatic heterocycles. The molecule has 0 aliphatic heterocycles. The Morgan fingerprint density at radius 1 is 1.12 bits per heavy atom. The molecule has 0 atom stereocenters. The van der Waals surface area contributed by atoms with Crippen LogP contribution in [0.25, 0.3) is 0 Å². The second-order valence-corrected chi connectivity index (χ2v) is 8.65. The van der Waals surface area contributed by atoms with Crippen molar-refractivity contribution in [3.05, 3.63) is 48.0 Å². The summed E-state index contributed by atoms with van der Waals surface area (Å²) in [6, 6.07) is 11.9. The van der Waals surface area contributed by atoms with E-state index >= 15 is 0 Å². The number of carbonyl (C=O) groups is 1. The largest absolute Gasteiger partial charge is 0.397 e. The molecule has 1 amide bonds. The third-order valence-electron chi connectivity index (χ3n) is 3.81. The van der Waals surface area contributed by atoms with Crippen LogP contribution in [0.15, 0.2) is 47.4 Å². The van der Waals surface area contributed by atoms with Gasteiger partial charge in [0.05, 0.1) is 28.4 Å². The second kappa shape index (κ2) is 8.23. The summed E-state index contributed by atoms with van der Waals surface area (Å²) >= 11 is 0. The topological polar surface area (TPSA) is 101 Å². The zero-order chi connectivity index (χ0) is 19.3. The minimum absolute atomic E-state index is 0.0523. The van der Waals surface area contributed by atoms with Crippen LogP contribution in [0.5, 0.6) is 0 Å². The van der Waals surface area contributed by atoms with Gasteiger partial charge in [0.15, 0.2) is 9.84 Å². The molecule has 2 aromatic carbocycles. The third kappa shape index (κ3) is 5.23. The number of hydrogen-bond donors (Lipinski definition) is 3. The number of benzene rings is 2. The number of nitrogens with one attached hydrogen (secondary N) is 2. The van der Waals surface area contributed by atoms with Gasteiger partial charge in [0.2, 0.25) is 5.91 Å². The first-order valence-electron chi connectivity index (χ1n) is 8.49. The summed E-state index contributed by atoms with van der Waals surface area (Å²) in [4.78, 5) is 12.5. The first-order chi connectivity index (χ1) is 12.2. The molecule has 2 rings (SSSR count). The number of amides is 1. The lowest BCUT2D eigenvalue weighted by atomic mass is 10.1. The van der Waals surface area contributed by atoms with E-state index in [1.54, 1.807) is 37.3 Å². The molecule has 0 bridgehead atoms. The summed E-state index contributed by atoms with van der Waals surface area (Å²) in [5, 5.41) is 6.06. The lowest BCUT2D eigenvalue weighted by Gasteiger charge is -2.14. The van der Waals surface area contributed by atoms with Crippen molar-refractivity contribution in [2.45, 2.75) is 38.1 Å². The molecule has 0 aliphatic carbocycles. The Hall–Kier alpha value is -2.54. The number of carbonyl (C=O) groups excluding carboxylic acids is 1. The number of nitrogens with two attached hydrogens (primary N) is 1. The van der Waals surface area contributed by atoms with Crippen molar-refractivity contribution in [2.24, 2.45) is 0 Å². The maximum Gasteiger partial charge on any atom is 0.228 e. The monoisotopic (exact) mass is 375 g/mol. The molecule has 0 fully saturated rings. The average Bonchev–Trinajstić information content (AvgIpc) is 2.58. The highest BCUT2D eigenvalue weighted by Gasteiger charge is 2.12. The zero-order valence-electron chi connectivity index (χ0n) is 15.2. The molecule has 26 heavy (non-hydrogen) atoms. The summed E-state index contributed by atoms with van der Waals surface area (Å²) in [7, 11) is -3.23. The Kier molecular flexibility index (Phi) is 6.26. The first kappa shape index (κ1) is 19.8. The van der Waals surface area contributed by atoms with Crippen LogP contribution in [0.1, 0.15) is 26.3 Å². The van der Waals surface area contributed by atoms with Crippen molar-refractivity contribution >= 4 is 32.8 Å². The smallest absolute Gasteiger partial charge is 0.228 e. The number of hydrogen-bond acceptors (Lipinski definition) is 5. The molecule has 0 spiro atoms. The number of nitrogen functional groups attached to an aromatic ring is 1. The van der Waals surface area contributed by atoms with Crippen LogP contribution < -0.4 is 16.4 Å². The highest BCUT2D eigenvalue weighted by atomic mass is 32.2. The predicted octanol–water partition coefficient (Wildman–Crippen LogP) is 3.06. The molecule has 0 heterocycles. The Labute approximate surface area is 154 Å². The van der Waals surface area contributed by atoms with Crippen LogP contribution in [0.2, 0.25) is 0 Å². The molecule has 140 valence electrons. The van der Waals surface area contributed by atoms with Gasteiger partial charge in [-0.05, 0) is 49.7 Å². The number of rotatable bonds is 7. The van der Waals surface area contributed by atoms with Crippen molar-refractivity contribution in [1.29, 1.82) is 0 Å². The van der Waals surface area contributed by atoms with E-state index < -0.39 is 9.84 Å². The van der Waals surface area contributed by atoms with E-state index in [-0.39, 0.29) is 29.0 Å². The standard InChI is InChI=1S/C19H25N3O3S/c1-4-26(24,25)16-8-5-14(6-9-16)11-19(23)22-15-7-10-17(20)18(12-15)21-13(2)3/h5-10,12-13,21H,4,11,20H2,1-3H3,(H,22,23). The third-order valence-corrected chi connectivity index (χ3v) is 5.56. The Bertz CT molecular complexity index is 875. The van der Waals surface area contributed by atoms with Crippen LogP contribution in [0.3, 0.4) is 0 Å². The van der Waals surface area contributed by atoms with Crippen LogP contribution in [0.4, 0.5) is 17.1 Å². The first-order valence-corrected chi connectivity index (χ1v) is 10.1. The molecule has 0 saturated heterocycles.